The molecule has 280 valence electrons. The zero-order valence-electron chi connectivity index (χ0n) is 30.2. The van der Waals surface area contributed by atoms with E-state index in [2.05, 4.69) is 36.3 Å². The molecule has 2 aromatic carbocycles. The van der Waals surface area contributed by atoms with E-state index in [4.69, 9.17) is 8.83 Å². The van der Waals surface area contributed by atoms with Crippen LogP contribution >= 0.6 is 0 Å². The fourth-order valence-corrected chi connectivity index (χ4v) is 6.96. The van der Waals surface area contributed by atoms with Gasteiger partial charge in [-0.05, 0) is 37.3 Å². The summed E-state index contributed by atoms with van der Waals surface area (Å²) in [6, 6.07) is 12.4. The Morgan fingerprint density at radius 1 is 0.889 bits per heavy atom. The molecule has 2 aliphatic heterocycles. The summed E-state index contributed by atoms with van der Waals surface area (Å²) in [6.45, 7) is 5.47. The Balaban J connectivity index is 1.23. The fourth-order valence-electron chi connectivity index (χ4n) is 6.96. The van der Waals surface area contributed by atoms with Crippen molar-refractivity contribution in [2.24, 2.45) is 13.0 Å². The third kappa shape index (κ3) is 7.44. The van der Waals surface area contributed by atoms with Crippen LogP contribution in [0.4, 0.5) is 0 Å². The summed E-state index contributed by atoms with van der Waals surface area (Å²) in [6.07, 6.45) is 2.99. The Hall–Kier alpha value is -6.32. The number of hydrogen-bond acceptors (Lipinski definition) is 10. The molecule has 5 atom stereocenters. The minimum Gasteiger partial charge on any atom is -0.446 e. The van der Waals surface area contributed by atoms with Crippen molar-refractivity contribution in [2.45, 2.75) is 70.2 Å². The van der Waals surface area contributed by atoms with E-state index in [1.807, 2.05) is 62.4 Å². The lowest BCUT2D eigenvalue weighted by Gasteiger charge is -2.25. The molecule has 0 spiro atoms. The molecule has 0 radical (unpaired) electrons. The van der Waals surface area contributed by atoms with Crippen LogP contribution in [0, 0.1) is 5.92 Å². The largest absolute Gasteiger partial charge is 0.446 e. The van der Waals surface area contributed by atoms with Gasteiger partial charge >= 0.3 is 0 Å². The maximum Gasteiger partial charge on any atom is 0.276 e. The first-order chi connectivity index (χ1) is 25.9. The maximum absolute atomic E-state index is 14.3. The molecule has 54 heavy (non-hydrogen) atoms. The number of carbonyl (C=O) groups is 5. The summed E-state index contributed by atoms with van der Waals surface area (Å²) < 4.78 is 13.1. The minimum atomic E-state index is -1.06. The van der Waals surface area contributed by atoms with Gasteiger partial charge in [-0.25, -0.2) is 9.97 Å². The molecule has 2 aliphatic rings. The Kier molecular flexibility index (Phi) is 9.99. The van der Waals surface area contributed by atoms with Crippen molar-refractivity contribution >= 4 is 40.4 Å². The van der Waals surface area contributed by atoms with Crippen LogP contribution in [-0.2, 0) is 23.1 Å². The monoisotopic (exact) mass is 735 g/mol. The van der Waals surface area contributed by atoms with Crippen LogP contribution in [-0.4, -0.2) is 78.9 Å². The van der Waals surface area contributed by atoms with E-state index in [0.29, 0.717) is 11.8 Å². The molecule has 7 rings (SSSR count). The number of amides is 5. The first kappa shape index (κ1) is 36.1. The second kappa shape index (κ2) is 15.0. The number of nitrogens with one attached hydrogen (secondary N) is 4. The molecule has 5 heterocycles. The SMILES string of the molecule is CC(C)C[C@H]1NC(=O)c2coc(n2)[C@H](Cc2ccccc2)NC(=O)[C@@H]2C[C@H](NC(=O)c3nn(C)c4ccccc34)CN2C(=O)c2coc(n2)[C@@H](C)NC1=O. The van der Waals surface area contributed by atoms with Gasteiger partial charge in [0.05, 0.1) is 5.52 Å². The van der Waals surface area contributed by atoms with Crippen molar-refractivity contribution in [2.75, 3.05) is 6.54 Å². The fraction of sp³-hybridized carbons (Fsp3) is 0.368. The number of benzene rings is 2. The molecular weight excluding hydrogens is 694 g/mol. The van der Waals surface area contributed by atoms with Gasteiger partial charge < -0.3 is 35.0 Å². The van der Waals surface area contributed by atoms with Crippen LogP contribution in [0.25, 0.3) is 10.9 Å². The first-order valence-electron chi connectivity index (χ1n) is 17.8. The van der Waals surface area contributed by atoms with Crippen molar-refractivity contribution in [3.63, 3.8) is 0 Å². The zero-order valence-corrected chi connectivity index (χ0v) is 30.2. The summed E-state index contributed by atoms with van der Waals surface area (Å²) in [4.78, 5) is 79.2. The molecule has 0 saturated carbocycles. The quantitative estimate of drug-likeness (QED) is 0.201. The van der Waals surface area contributed by atoms with E-state index in [1.165, 1.54) is 17.4 Å². The summed E-state index contributed by atoms with van der Waals surface area (Å²) in [7, 11) is 1.75. The summed E-state index contributed by atoms with van der Waals surface area (Å²) in [5.74, 6) is -2.54. The molecular formula is C38H41N9O7. The molecule has 5 amide bonds. The number of para-hydroxylation sites is 1. The molecule has 0 unspecified atom stereocenters. The number of fused-ring (bicyclic) bond motifs is 6. The molecule has 5 aromatic rings. The number of aromatic nitrogens is 4. The molecule has 16 heteroatoms. The maximum atomic E-state index is 14.3. The third-order valence-electron chi connectivity index (χ3n) is 9.62. The van der Waals surface area contributed by atoms with Crippen LogP contribution in [0.1, 0.15) is 94.5 Å². The predicted octanol–water partition coefficient (Wildman–Crippen LogP) is 3.00. The summed E-state index contributed by atoms with van der Waals surface area (Å²) in [5, 5.41) is 16.6. The van der Waals surface area contributed by atoms with Gasteiger partial charge in [-0.1, -0.05) is 62.4 Å². The smallest absolute Gasteiger partial charge is 0.276 e. The topological polar surface area (TPSA) is 207 Å². The molecule has 0 aliphatic carbocycles. The Morgan fingerprint density at radius 3 is 2.37 bits per heavy atom. The second-order valence-electron chi connectivity index (χ2n) is 14.1. The van der Waals surface area contributed by atoms with Crippen molar-refractivity contribution in [3.8, 4) is 0 Å². The molecule has 3 aromatic heterocycles. The van der Waals surface area contributed by atoms with Gasteiger partial charge in [0, 0.05) is 31.4 Å². The number of aryl methyl sites for hydroxylation is 1. The van der Waals surface area contributed by atoms with E-state index in [9.17, 15) is 24.0 Å². The van der Waals surface area contributed by atoms with Gasteiger partial charge in [0.2, 0.25) is 23.6 Å². The standard InChI is InChI=1S/C38H41N9O7/c1-20(2)14-25-32(48)39-21(3)36-44-28(19-53-36)38(52)47-17-23(40-35(51)31-24-12-8-9-13-29(24)46(4)45-31)16-30(47)34(50)42-26(15-22-10-6-5-7-11-22)37-43-27(18-54-37)33(49)41-25/h5-13,18-21,23,25-26,30H,14-17H2,1-4H3,(H,39,48)(H,40,51)(H,41,49)(H,42,50)/t21-,23+,25-,26+,30+/m1/s1. The van der Waals surface area contributed by atoms with Crippen LogP contribution in [0.15, 0.2) is 76.0 Å². The average molecular weight is 736 g/mol. The Labute approximate surface area is 310 Å². The van der Waals surface area contributed by atoms with Crippen LogP contribution in [0.5, 0.6) is 0 Å². The Morgan fingerprint density at radius 2 is 1.59 bits per heavy atom. The highest BCUT2D eigenvalue weighted by atomic mass is 16.3. The van der Waals surface area contributed by atoms with E-state index >= 15 is 0 Å². The number of nitrogens with zero attached hydrogens (tertiary/aromatic N) is 5. The number of hydrogen-bond donors (Lipinski definition) is 4. The minimum absolute atomic E-state index is 0.0224. The second-order valence-corrected chi connectivity index (χ2v) is 14.1. The highest BCUT2D eigenvalue weighted by Gasteiger charge is 2.43. The Bertz CT molecular complexity index is 2210. The molecule has 1 saturated heterocycles. The van der Waals surface area contributed by atoms with Gasteiger partial charge in [0.1, 0.15) is 36.7 Å². The van der Waals surface area contributed by atoms with Crippen molar-refractivity contribution in [3.05, 3.63) is 102 Å². The highest BCUT2D eigenvalue weighted by molar-refractivity contribution is 6.05. The summed E-state index contributed by atoms with van der Waals surface area (Å²) in [5.41, 5.74) is 1.68. The molecule has 1 fully saturated rings. The van der Waals surface area contributed by atoms with Gasteiger partial charge in [-0.15, -0.1) is 0 Å². The van der Waals surface area contributed by atoms with E-state index in [-0.39, 0.29) is 54.2 Å². The average Bonchev–Trinajstić information content (AvgIpc) is 3.97. The van der Waals surface area contributed by atoms with E-state index in [1.54, 1.807) is 24.7 Å². The van der Waals surface area contributed by atoms with Crippen molar-refractivity contribution in [1.82, 2.24) is 45.9 Å². The predicted molar refractivity (Wildman–Crippen MR) is 193 cm³/mol. The van der Waals surface area contributed by atoms with Crippen molar-refractivity contribution in [1.29, 1.82) is 0 Å². The summed E-state index contributed by atoms with van der Waals surface area (Å²) >= 11 is 0. The van der Waals surface area contributed by atoms with Crippen LogP contribution in [0.3, 0.4) is 0 Å². The first-order valence-corrected chi connectivity index (χ1v) is 17.8. The van der Waals surface area contributed by atoms with Gasteiger partial charge in [0.15, 0.2) is 17.1 Å². The highest BCUT2D eigenvalue weighted by Crippen LogP contribution is 2.26. The van der Waals surface area contributed by atoms with Crippen LogP contribution in [0.2, 0.25) is 0 Å². The van der Waals surface area contributed by atoms with Crippen LogP contribution < -0.4 is 21.3 Å². The third-order valence-corrected chi connectivity index (χ3v) is 9.62. The van der Waals surface area contributed by atoms with Gasteiger partial charge in [-0.2, -0.15) is 5.10 Å². The number of rotatable bonds is 6. The number of oxazole rings is 2. The molecule has 4 bridgehead atoms. The van der Waals surface area contributed by atoms with Crippen molar-refractivity contribution < 1.29 is 32.8 Å². The lowest BCUT2D eigenvalue weighted by molar-refractivity contribution is -0.126. The molecule has 16 nitrogen and oxygen atoms in total. The molecule has 4 N–H and O–H groups in total. The number of carbonyl (C=O) groups excluding carboxylic acids is 5. The van der Waals surface area contributed by atoms with E-state index in [0.717, 1.165) is 11.1 Å². The van der Waals surface area contributed by atoms with Gasteiger partial charge in [0.25, 0.3) is 17.7 Å². The lowest BCUT2D eigenvalue weighted by Crippen LogP contribution is -2.48. The lowest BCUT2D eigenvalue weighted by atomic mass is 10.0. The van der Waals surface area contributed by atoms with E-state index < -0.39 is 59.7 Å². The zero-order chi connectivity index (χ0) is 38.1. The van der Waals surface area contributed by atoms with Gasteiger partial charge in [-0.3, -0.25) is 28.7 Å². The normalized spacial score (nSPS) is 22.3.